The van der Waals surface area contributed by atoms with Crippen LogP contribution in [0.5, 0.6) is 0 Å². The Kier molecular flexibility index (Phi) is 5.73. The molecule has 0 heterocycles. The first-order valence-corrected chi connectivity index (χ1v) is 11.4. The molecule has 0 bridgehead atoms. The molecular weight excluding hydrogens is 426 g/mol. The molecular formula is C22H24ClNO5S. The summed E-state index contributed by atoms with van der Waals surface area (Å²) in [6.07, 6.45) is -0.373. The number of amides is 1. The summed E-state index contributed by atoms with van der Waals surface area (Å²) in [5.41, 5.74) is -1.01. The average molecular weight is 450 g/mol. The van der Waals surface area contributed by atoms with E-state index in [0.29, 0.717) is 16.9 Å². The maximum absolute atomic E-state index is 13.4. The van der Waals surface area contributed by atoms with Crippen LogP contribution in [0.4, 0.5) is 4.79 Å². The predicted octanol–water partition coefficient (Wildman–Crippen LogP) is 4.05. The number of rotatable bonds is 5. The van der Waals surface area contributed by atoms with E-state index in [1.165, 1.54) is 12.1 Å². The molecule has 1 aliphatic rings. The smallest absolute Gasteiger partial charge is 0.408 e. The Morgan fingerprint density at radius 3 is 2.33 bits per heavy atom. The van der Waals surface area contributed by atoms with Gasteiger partial charge in [-0.3, -0.25) is 0 Å². The second-order valence-corrected chi connectivity index (χ2v) is 11.0. The molecule has 0 unspecified atom stereocenters. The number of carbonyl (C=O) groups is 2. The molecule has 1 amide bonds. The van der Waals surface area contributed by atoms with Crippen molar-refractivity contribution in [2.24, 2.45) is 0 Å². The van der Waals surface area contributed by atoms with E-state index < -0.39 is 38.2 Å². The first-order chi connectivity index (χ1) is 13.9. The number of halogens is 1. The van der Waals surface area contributed by atoms with Crippen LogP contribution in [0.1, 0.15) is 37.8 Å². The normalized spacial score (nSPS) is 23.5. The summed E-state index contributed by atoms with van der Waals surface area (Å²) in [6.45, 7) is 6.90. The Morgan fingerprint density at radius 1 is 1.17 bits per heavy atom. The van der Waals surface area contributed by atoms with Crippen molar-refractivity contribution in [3.63, 3.8) is 0 Å². The highest BCUT2D eigenvalue weighted by molar-refractivity contribution is 7.92. The van der Waals surface area contributed by atoms with E-state index in [2.05, 4.69) is 5.32 Å². The van der Waals surface area contributed by atoms with Crippen LogP contribution >= 0.6 is 11.6 Å². The molecule has 0 aromatic heterocycles. The molecule has 8 heteroatoms. The van der Waals surface area contributed by atoms with Crippen LogP contribution in [0.3, 0.4) is 0 Å². The number of hydrogen-bond donors (Lipinski definition) is 1. The molecule has 160 valence electrons. The summed E-state index contributed by atoms with van der Waals surface area (Å²) in [5.74, 6) is -0.799. The molecule has 0 spiro atoms. The number of ether oxygens (including phenoxy) is 1. The molecule has 1 N–H and O–H groups in total. The van der Waals surface area contributed by atoms with Crippen molar-refractivity contribution in [2.45, 2.75) is 54.9 Å². The van der Waals surface area contributed by atoms with Crippen molar-refractivity contribution in [3.05, 3.63) is 64.7 Å². The third-order valence-corrected chi connectivity index (χ3v) is 7.48. The summed E-state index contributed by atoms with van der Waals surface area (Å²) in [5, 5.41) is 1.75. The van der Waals surface area contributed by atoms with Gasteiger partial charge in [0.15, 0.2) is 9.84 Å². The van der Waals surface area contributed by atoms with Gasteiger partial charge in [0.05, 0.1) is 4.90 Å². The van der Waals surface area contributed by atoms with Crippen LogP contribution in [0.2, 0.25) is 5.02 Å². The van der Waals surface area contributed by atoms with Crippen molar-refractivity contribution >= 4 is 33.8 Å². The zero-order chi connectivity index (χ0) is 22.3. The fourth-order valence-corrected chi connectivity index (χ4v) is 6.08. The Bertz CT molecular complexity index is 1080. The number of aryl methyl sites for hydroxylation is 1. The van der Waals surface area contributed by atoms with E-state index in [1.54, 1.807) is 57.2 Å². The fourth-order valence-electron chi connectivity index (χ4n) is 3.63. The minimum absolute atomic E-state index is 0.0832. The standard InChI is InChI=1S/C22H24ClNO5S/c1-14-8-10-17(11-9-14)30(27,28)19-18(15-6-5-7-16(23)12-15)22(19,13-25)24-20(26)29-21(2,3)4/h5-13,18-19H,1-4H3,(H,24,26)/t18-,19+,22-/m1/s1. The SMILES string of the molecule is Cc1ccc(S(=O)(=O)[C@H]2[C@@H](c3cccc(Cl)c3)[C@@]2(C=O)NC(=O)OC(C)(C)C)cc1. The molecule has 0 saturated heterocycles. The molecule has 3 atom stereocenters. The summed E-state index contributed by atoms with van der Waals surface area (Å²) in [4.78, 5) is 24.8. The zero-order valence-electron chi connectivity index (χ0n) is 17.2. The van der Waals surface area contributed by atoms with Crippen molar-refractivity contribution in [2.75, 3.05) is 0 Å². The highest BCUT2D eigenvalue weighted by Gasteiger charge is 2.73. The van der Waals surface area contributed by atoms with E-state index in [0.717, 1.165) is 5.56 Å². The zero-order valence-corrected chi connectivity index (χ0v) is 18.8. The molecule has 2 aromatic carbocycles. The predicted molar refractivity (Wildman–Crippen MR) is 115 cm³/mol. The number of carbonyl (C=O) groups excluding carboxylic acids is 2. The summed E-state index contributed by atoms with van der Waals surface area (Å²) < 4.78 is 32.1. The van der Waals surface area contributed by atoms with Crippen LogP contribution in [0.25, 0.3) is 0 Å². The quantitative estimate of drug-likeness (QED) is 0.695. The van der Waals surface area contributed by atoms with Gasteiger partial charge >= 0.3 is 6.09 Å². The lowest BCUT2D eigenvalue weighted by Crippen LogP contribution is -2.45. The van der Waals surface area contributed by atoms with Crippen molar-refractivity contribution in [1.82, 2.24) is 5.32 Å². The molecule has 30 heavy (non-hydrogen) atoms. The van der Waals surface area contributed by atoms with Crippen LogP contribution < -0.4 is 5.32 Å². The number of alkyl carbamates (subject to hydrolysis) is 1. The third-order valence-electron chi connectivity index (χ3n) is 4.98. The van der Waals surface area contributed by atoms with Crippen molar-refractivity contribution in [1.29, 1.82) is 0 Å². The van der Waals surface area contributed by atoms with Gasteiger partial charge < -0.3 is 14.8 Å². The molecule has 0 radical (unpaired) electrons. The summed E-state index contributed by atoms with van der Waals surface area (Å²) in [7, 11) is -3.95. The maximum atomic E-state index is 13.4. The topological polar surface area (TPSA) is 89.5 Å². The van der Waals surface area contributed by atoms with E-state index >= 15 is 0 Å². The Hall–Kier alpha value is -2.38. The Balaban J connectivity index is 2.06. The molecule has 1 saturated carbocycles. The first kappa shape index (κ1) is 22.3. The fraction of sp³-hybridized carbons (Fsp3) is 0.364. The third kappa shape index (κ3) is 4.23. The van der Waals surface area contributed by atoms with E-state index in [4.69, 9.17) is 16.3 Å². The summed E-state index contributed by atoms with van der Waals surface area (Å²) in [6, 6.07) is 13.0. The maximum Gasteiger partial charge on any atom is 0.408 e. The minimum Gasteiger partial charge on any atom is -0.444 e. The molecule has 0 aliphatic heterocycles. The van der Waals surface area contributed by atoms with Crippen LogP contribution in [0.15, 0.2) is 53.4 Å². The Morgan fingerprint density at radius 2 is 1.80 bits per heavy atom. The van der Waals surface area contributed by atoms with Crippen molar-refractivity contribution < 1.29 is 22.7 Å². The van der Waals surface area contributed by atoms with Gasteiger partial charge in [-0.05, 0) is 57.5 Å². The number of sulfone groups is 1. The lowest BCUT2D eigenvalue weighted by atomic mass is 10.1. The van der Waals surface area contributed by atoms with Gasteiger partial charge in [0.1, 0.15) is 22.7 Å². The highest BCUT2D eigenvalue weighted by Crippen LogP contribution is 2.56. The van der Waals surface area contributed by atoms with Gasteiger partial charge in [0.2, 0.25) is 0 Å². The first-order valence-electron chi connectivity index (χ1n) is 9.44. The lowest BCUT2D eigenvalue weighted by molar-refractivity contribution is -0.110. The van der Waals surface area contributed by atoms with Gasteiger partial charge in [-0.1, -0.05) is 41.4 Å². The largest absolute Gasteiger partial charge is 0.444 e. The van der Waals surface area contributed by atoms with Crippen molar-refractivity contribution in [3.8, 4) is 0 Å². The number of nitrogens with one attached hydrogen (secondary N) is 1. The van der Waals surface area contributed by atoms with Gasteiger partial charge in [-0.15, -0.1) is 0 Å². The van der Waals surface area contributed by atoms with Gasteiger partial charge in [-0.2, -0.15) is 0 Å². The molecule has 1 aliphatic carbocycles. The second kappa shape index (κ2) is 7.71. The minimum atomic E-state index is -3.95. The van der Waals surface area contributed by atoms with E-state index in [9.17, 15) is 18.0 Å². The van der Waals surface area contributed by atoms with Crippen LogP contribution in [-0.4, -0.2) is 37.2 Å². The molecule has 1 fully saturated rings. The highest BCUT2D eigenvalue weighted by atomic mass is 35.5. The molecule has 2 aromatic rings. The molecule has 3 rings (SSSR count). The summed E-state index contributed by atoms with van der Waals surface area (Å²) >= 11 is 6.09. The number of benzene rings is 2. The second-order valence-electron chi connectivity index (χ2n) is 8.49. The van der Waals surface area contributed by atoms with Gasteiger partial charge in [0.25, 0.3) is 0 Å². The van der Waals surface area contributed by atoms with E-state index in [1.807, 2.05) is 6.92 Å². The van der Waals surface area contributed by atoms with E-state index in [-0.39, 0.29) is 4.90 Å². The number of aldehydes is 1. The molecule has 6 nitrogen and oxygen atoms in total. The monoisotopic (exact) mass is 449 g/mol. The Labute approximate surface area is 181 Å². The van der Waals surface area contributed by atoms with Crippen LogP contribution in [0, 0.1) is 6.92 Å². The average Bonchev–Trinajstić information content (AvgIpc) is 3.30. The van der Waals surface area contributed by atoms with Gasteiger partial charge in [0, 0.05) is 10.9 Å². The number of hydrogen-bond acceptors (Lipinski definition) is 5. The van der Waals surface area contributed by atoms with Gasteiger partial charge in [-0.25, -0.2) is 13.2 Å². The van der Waals surface area contributed by atoms with Crippen LogP contribution in [-0.2, 0) is 19.4 Å². The lowest BCUT2D eigenvalue weighted by Gasteiger charge is -2.22.